The van der Waals surface area contributed by atoms with Crippen LogP contribution in [0.5, 0.6) is 0 Å². The van der Waals surface area contributed by atoms with E-state index in [9.17, 15) is 9.59 Å². The van der Waals surface area contributed by atoms with E-state index in [2.05, 4.69) is 10.6 Å². The van der Waals surface area contributed by atoms with Crippen LogP contribution in [-0.2, 0) is 9.59 Å². The first-order valence-corrected chi connectivity index (χ1v) is 7.56. The summed E-state index contributed by atoms with van der Waals surface area (Å²) in [7, 11) is 0. The molecule has 19 heavy (non-hydrogen) atoms. The van der Waals surface area contributed by atoms with Crippen molar-refractivity contribution in [2.24, 2.45) is 5.92 Å². The summed E-state index contributed by atoms with van der Waals surface area (Å²) in [5.74, 6) is 0.799. The van der Waals surface area contributed by atoms with E-state index in [0.29, 0.717) is 19.0 Å². The SMILES string of the molecule is C[C@@H](C(=O)NCC1CCCCC1)[NH+]1CCNC(=O)C1. The number of carbonyl (C=O) groups is 2. The van der Waals surface area contributed by atoms with Crippen LogP contribution < -0.4 is 15.5 Å². The summed E-state index contributed by atoms with van der Waals surface area (Å²) < 4.78 is 0. The highest BCUT2D eigenvalue weighted by Gasteiger charge is 2.29. The molecular formula is C14H26N3O2+. The van der Waals surface area contributed by atoms with Crippen LogP contribution in [0.25, 0.3) is 0 Å². The van der Waals surface area contributed by atoms with Crippen molar-refractivity contribution >= 4 is 11.8 Å². The molecule has 5 nitrogen and oxygen atoms in total. The van der Waals surface area contributed by atoms with E-state index in [-0.39, 0.29) is 17.9 Å². The van der Waals surface area contributed by atoms with E-state index in [4.69, 9.17) is 0 Å². The summed E-state index contributed by atoms with van der Waals surface area (Å²) in [6.07, 6.45) is 6.43. The Hall–Kier alpha value is -1.10. The third-order valence-electron chi connectivity index (χ3n) is 4.45. The Balaban J connectivity index is 1.73. The lowest BCUT2D eigenvalue weighted by Crippen LogP contribution is -3.19. The number of hydrogen-bond donors (Lipinski definition) is 3. The fourth-order valence-corrected chi connectivity index (χ4v) is 3.06. The number of amides is 2. The van der Waals surface area contributed by atoms with E-state index in [1.54, 1.807) is 0 Å². The fraction of sp³-hybridized carbons (Fsp3) is 0.857. The predicted octanol–water partition coefficient (Wildman–Crippen LogP) is -0.914. The Morgan fingerprint density at radius 2 is 2.16 bits per heavy atom. The second-order valence-electron chi connectivity index (χ2n) is 5.91. The van der Waals surface area contributed by atoms with Crippen molar-refractivity contribution in [3.8, 4) is 0 Å². The van der Waals surface area contributed by atoms with Gasteiger partial charge in [0.1, 0.15) is 0 Å². The van der Waals surface area contributed by atoms with Crippen LogP contribution >= 0.6 is 0 Å². The van der Waals surface area contributed by atoms with Gasteiger partial charge in [-0.1, -0.05) is 19.3 Å². The maximum absolute atomic E-state index is 12.1. The van der Waals surface area contributed by atoms with Crippen LogP contribution in [0.4, 0.5) is 0 Å². The van der Waals surface area contributed by atoms with Gasteiger partial charge in [0.25, 0.3) is 11.8 Å². The van der Waals surface area contributed by atoms with Crippen molar-refractivity contribution in [3.05, 3.63) is 0 Å². The zero-order chi connectivity index (χ0) is 13.7. The summed E-state index contributed by atoms with van der Waals surface area (Å²) >= 11 is 0. The van der Waals surface area contributed by atoms with E-state index in [1.807, 2.05) is 6.92 Å². The highest BCUT2D eigenvalue weighted by atomic mass is 16.2. The third kappa shape index (κ3) is 4.20. The molecule has 2 aliphatic rings. The Bertz CT molecular complexity index is 327. The van der Waals surface area contributed by atoms with Crippen molar-refractivity contribution in [2.45, 2.75) is 45.1 Å². The Morgan fingerprint density at radius 3 is 2.84 bits per heavy atom. The minimum Gasteiger partial charge on any atom is -0.351 e. The highest BCUT2D eigenvalue weighted by molar-refractivity contribution is 5.81. The molecule has 0 bridgehead atoms. The van der Waals surface area contributed by atoms with Crippen LogP contribution in [0.3, 0.4) is 0 Å². The normalized spacial score (nSPS) is 26.6. The molecule has 1 aliphatic heterocycles. The average molecular weight is 268 g/mol. The first kappa shape index (κ1) is 14.3. The van der Waals surface area contributed by atoms with Crippen LogP contribution in [0.2, 0.25) is 0 Å². The Morgan fingerprint density at radius 1 is 1.42 bits per heavy atom. The molecule has 108 valence electrons. The van der Waals surface area contributed by atoms with E-state index >= 15 is 0 Å². The summed E-state index contributed by atoms with van der Waals surface area (Å²) in [6, 6.07) is -0.130. The van der Waals surface area contributed by atoms with Crippen molar-refractivity contribution in [2.75, 3.05) is 26.2 Å². The molecule has 2 fully saturated rings. The van der Waals surface area contributed by atoms with Crippen molar-refractivity contribution in [3.63, 3.8) is 0 Å². The average Bonchev–Trinajstić information content (AvgIpc) is 2.45. The topological polar surface area (TPSA) is 62.6 Å². The van der Waals surface area contributed by atoms with Crippen LogP contribution in [-0.4, -0.2) is 44.0 Å². The second kappa shape index (κ2) is 6.89. The van der Waals surface area contributed by atoms with Gasteiger partial charge < -0.3 is 15.5 Å². The quantitative estimate of drug-likeness (QED) is 0.618. The number of piperazine rings is 1. The number of rotatable bonds is 4. The van der Waals surface area contributed by atoms with Gasteiger partial charge in [-0.15, -0.1) is 0 Å². The van der Waals surface area contributed by atoms with Gasteiger partial charge in [0.2, 0.25) is 0 Å². The maximum Gasteiger partial charge on any atom is 0.278 e. The lowest BCUT2D eigenvalue weighted by atomic mass is 9.89. The first-order valence-electron chi connectivity index (χ1n) is 7.56. The van der Waals surface area contributed by atoms with Crippen LogP contribution in [0.1, 0.15) is 39.0 Å². The zero-order valence-electron chi connectivity index (χ0n) is 11.8. The van der Waals surface area contributed by atoms with Crippen molar-refractivity contribution < 1.29 is 14.5 Å². The molecule has 5 heteroatoms. The Kier molecular flexibility index (Phi) is 5.19. The van der Waals surface area contributed by atoms with Gasteiger partial charge in [-0.3, -0.25) is 9.59 Å². The largest absolute Gasteiger partial charge is 0.351 e. The molecule has 0 aromatic heterocycles. The molecule has 1 saturated carbocycles. The van der Waals surface area contributed by atoms with Gasteiger partial charge in [0.15, 0.2) is 12.6 Å². The molecule has 1 unspecified atom stereocenters. The molecule has 2 atom stereocenters. The van der Waals surface area contributed by atoms with Crippen LogP contribution in [0, 0.1) is 5.92 Å². The molecule has 1 heterocycles. The lowest BCUT2D eigenvalue weighted by Gasteiger charge is -2.29. The van der Waals surface area contributed by atoms with Gasteiger partial charge >= 0.3 is 0 Å². The smallest absolute Gasteiger partial charge is 0.278 e. The van der Waals surface area contributed by atoms with Crippen molar-refractivity contribution in [1.82, 2.24) is 10.6 Å². The van der Waals surface area contributed by atoms with Crippen molar-refractivity contribution in [1.29, 1.82) is 0 Å². The molecule has 1 saturated heterocycles. The number of quaternary nitrogens is 1. The Labute approximate surface area is 115 Å². The summed E-state index contributed by atoms with van der Waals surface area (Å²) in [5, 5.41) is 5.87. The number of nitrogens with one attached hydrogen (secondary N) is 3. The predicted molar refractivity (Wildman–Crippen MR) is 72.8 cm³/mol. The number of hydrogen-bond acceptors (Lipinski definition) is 2. The number of carbonyl (C=O) groups excluding carboxylic acids is 2. The monoisotopic (exact) mass is 268 g/mol. The molecule has 3 N–H and O–H groups in total. The van der Waals surface area contributed by atoms with Gasteiger partial charge in [-0.2, -0.15) is 0 Å². The molecule has 0 spiro atoms. The lowest BCUT2D eigenvalue weighted by molar-refractivity contribution is -0.907. The second-order valence-corrected chi connectivity index (χ2v) is 5.91. The summed E-state index contributed by atoms with van der Waals surface area (Å²) in [4.78, 5) is 24.5. The van der Waals surface area contributed by atoms with Crippen LogP contribution in [0.15, 0.2) is 0 Å². The van der Waals surface area contributed by atoms with E-state index in [1.165, 1.54) is 32.1 Å². The van der Waals surface area contributed by atoms with E-state index < -0.39 is 0 Å². The first-order chi connectivity index (χ1) is 9.16. The molecule has 2 rings (SSSR count). The van der Waals surface area contributed by atoms with E-state index in [0.717, 1.165) is 18.0 Å². The molecular weight excluding hydrogens is 242 g/mol. The van der Waals surface area contributed by atoms with Gasteiger partial charge in [-0.05, 0) is 25.7 Å². The standard InChI is InChI=1S/C14H25N3O2/c1-11(17-8-7-15-13(18)10-17)14(19)16-9-12-5-3-2-4-6-12/h11-12H,2-10H2,1H3,(H,15,18)(H,16,19)/p+1/t11-/m0/s1. The summed E-state index contributed by atoms with van der Waals surface area (Å²) in [5.41, 5.74) is 0. The zero-order valence-corrected chi connectivity index (χ0v) is 11.8. The molecule has 1 aliphatic carbocycles. The molecule has 0 aromatic carbocycles. The summed E-state index contributed by atoms with van der Waals surface area (Å²) in [6.45, 7) is 4.66. The van der Waals surface area contributed by atoms with Gasteiger partial charge in [-0.25, -0.2) is 0 Å². The maximum atomic E-state index is 12.1. The highest BCUT2D eigenvalue weighted by Crippen LogP contribution is 2.22. The van der Waals surface area contributed by atoms with Gasteiger partial charge in [0, 0.05) is 6.54 Å². The third-order valence-corrected chi connectivity index (χ3v) is 4.45. The fourth-order valence-electron chi connectivity index (χ4n) is 3.06. The molecule has 2 amide bonds. The minimum atomic E-state index is -0.130. The minimum absolute atomic E-state index is 0.0492. The van der Waals surface area contributed by atoms with Gasteiger partial charge in [0.05, 0.1) is 13.1 Å². The molecule has 0 radical (unpaired) electrons. The molecule has 0 aromatic rings.